The number of aldehydes is 1. The van der Waals surface area contributed by atoms with Gasteiger partial charge in [0, 0.05) is 19.2 Å². The van der Waals surface area contributed by atoms with E-state index in [1.165, 1.54) is 0 Å². The summed E-state index contributed by atoms with van der Waals surface area (Å²) in [5.74, 6) is -0.211. The third-order valence-corrected chi connectivity index (χ3v) is 4.35. The molecule has 1 aromatic carbocycles. The van der Waals surface area contributed by atoms with Crippen molar-refractivity contribution in [2.75, 3.05) is 20.3 Å². The molecule has 0 saturated carbocycles. The standard InChI is InChI=1S/C19H22N2O2/c1-23-14-17-10-6-12-21(17)20-19(15-7-3-2-4-8-15)18-11-5-9-16(18)13-22/h2-5,7-9,11,13,16-17H,6,10,12,14H2,1H3/b20-19+/t16?,17-/m0/s1. The van der Waals surface area contributed by atoms with Crippen molar-refractivity contribution in [1.29, 1.82) is 0 Å². The Hall–Kier alpha value is -2.20. The molecule has 23 heavy (non-hydrogen) atoms. The molecule has 0 amide bonds. The molecular weight excluding hydrogens is 288 g/mol. The summed E-state index contributed by atoms with van der Waals surface area (Å²) in [5, 5.41) is 7.05. The molecule has 4 nitrogen and oxygen atoms in total. The number of hydrazone groups is 1. The van der Waals surface area contributed by atoms with Gasteiger partial charge in [-0.3, -0.25) is 5.01 Å². The Morgan fingerprint density at radius 2 is 2.22 bits per heavy atom. The summed E-state index contributed by atoms with van der Waals surface area (Å²) in [4.78, 5) is 11.4. The molecular formula is C19H22N2O2. The molecule has 3 rings (SSSR count). The van der Waals surface area contributed by atoms with Crippen LogP contribution in [0.1, 0.15) is 18.4 Å². The van der Waals surface area contributed by atoms with Gasteiger partial charge in [-0.2, -0.15) is 5.10 Å². The van der Waals surface area contributed by atoms with Crippen LogP contribution in [0.4, 0.5) is 0 Å². The van der Waals surface area contributed by atoms with Crippen LogP contribution >= 0.6 is 0 Å². The van der Waals surface area contributed by atoms with Crippen LogP contribution in [0.5, 0.6) is 0 Å². The summed E-state index contributed by atoms with van der Waals surface area (Å²) in [6.45, 7) is 1.61. The summed E-state index contributed by atoms with van der Waals surface area (Å²) in [5.41, 5.74) is 2.89. The van der Waals surface area contributed by atoms with Crippen LogP contribution in [-0.2, 0) is 9.53 Å². The quantitative estimate of drug-likeness (QED) is 0.599. The van der Waals surface area contributed by atoms with Gasteiger partial charge in [-0.05, 0) is 18.4 Å². The Labute approximate surface area is 137 Å². The van der Waals surface area contributed by atoms with E-state index in [9.17, 15) is 4.79 Å². The molecule has 0 aromatic heterocycles. The average Bonchev–Trinajstić information content (AvgIpc) is 3.23. The first-order valence-electron chi connectivity index (χ1n) is 8.07. The van der Waals surface area contributed by atoms with Gasteiger partial charge in [0.25, 0.3) is 0 Å². The monoisotopic (exact) mass is 310 g/mol. The molecule has 1 aromatic rings. The van der Waals surface area contributed by atoms with Gasteiger partial charge in [0.1, 0.15) is 6.29 Å². The predicted molar refractivity (Wildman–Crippen MR) is 91.4 cm³/mol. The Balaban J connectivity index is 1.96. The van der Waals surface area contributed by atoms with Gasteiger partial charge in [-0.1, -0.05) is 48.6 Å². The molecule has 1 saturated heterocycles. The fourth-order valence-corrected chi connectivity index (χ4v) is 3.17. The van der Waals surface area contributed by atoms with Crippen molar-refractivity contribution in [2.24, 2.45) is 11.0 Å². The van der Waals surface area contributed by atoms with Crippen molar-refractivity contribution in [3.05, 3.63) is 59.7 Å². The van der Waals surface area contributed by atoms with Crippen LogP contribution in [0, 0.1) is 5.92 Å². The van der Waals surface area contributed by atoms with Gasteiger partial charge in [0.15, 0.2) is 0 Å². The second kappa shape index (κ2) is 7.38. The highest BCUT2D eigenvalue weighted by atomic mass is 16.5. The summed E-state index contributed by atoms with van der Waals surface area (Å²) in [6.07, 6.45) is 9.03. The van der Waals surface area contributed by atoms with Crippen molar-refractivity contribution in [1.82, 2.24) is 5.01 Å². The first kappa shape index (κ1) is 15.7. The van der Waals surface area contributed by atoms with E-state index in [4.69, 9.17) is 9.84 Å². The van der Waals surface area contributed by atoms with Gasteiger partial charge in [0.2, 0.25) is 0 Å². The lowest BCUT2D eigenvalue weighted by atomic mass is 9.95. The minimum absolute atomic E-state index is 0.211. The van der Waals surface area contributed by atoms with E-state index < -0.39 is 0 Å². The highest BCUT2D eigenvalue weighted by molar-refractivity contribution is 6.15. The molecule has 1 unspecified atom stereocenters. The maximum atomic E-state index is 11.4. The number of hydrogen-bond acceptors (Lipinski definition) is 4. The van der Waals surface area contributed by atoms with Gasteiger partial charge in [0.05, 0.1) is 24.3 Å². The zero-order chi connectivity index (χ0) is 16.1. The number of carbonyl (C=O) groups excluding carboxylic acids is 1. The molecule has 4 heteroatoms. The molecule has 0 radical (unpaired) electrons. The third-order valence-electron chi connectivity index (χ3n) is 4.35. The summed E-state index contributed by atoms with van der Waals surface area (Å²) in [6, 6.07) is 10.4. The minimum Gasteiger partial charge on any atom is -0.382 e. The average molecular weight is 310 g/mol. The molecule has 0 N–H and O–H groups in total. The summed E-state index contributed by atoms with van der Waals surface area (Å²) >= 11 is 0. The second-order valence-corrected chi connectivity index (χ2v) is 5.90. The van der Waals surface area contributed by atoms with Crippen LogP contribution in [0.2, 0.25) is 0 Å². The maximum absolute atomic E-state index is 11.4. The van der Waals surface area contributed by atoms with Crippen molar-refractivity contribution in [3.8, 4) is 0 Å². The lowest BCUT2D eigenvalue weighted by Gasteiger charge is -2.23. The number of rotatable bonds is 6. The summed E-state index contributed by atoms with van der Waals surface area (Å²) in [7, 11) is 1.73. The Kier molecular flexibility index (Phi) is 5.03. The smallest absolute Gasteiger partial charge is 0.131 e. The number of nitrogens with zero attached hydrogens (tertiary/aromatic N) is 2. The molecule has 120 valence electrons. The lowest BCUT2D eigenvalue weighted by molar-refractivity contribution is -0.109. The van der Waals surface area contributed by atoms with E-state index >= 15 is 0 Å². The zero-order valence-corrected chi connectivity index (χ0v) is 13.4. The molecule has 2 aliphatic rings. The van der Waals surface area contributed by atoms with E-state index in [1.807, 2.05) is 48.6 Å². The third kappa shape index (κ3) is 3.42. The molecule has 1 heterocycles. The van der Waals surface area contributed by atoms with E-state index in [-0.39, 0.29) is 5.92 Å². The lowest BCUT2D eigenvalue weighted by Crippen LogP contribution is -2.30. The Morgan fingerprint density at radius 3 is 2.96 bits per heavy atom. The summed E-state index contributed by atoms with van der Waals surface area (Å²) < 4.78 is 5.32. The molecule has 1 fully saturated rings. The molecule has 2 atom stereocenters. The van der Waals surface area contributed by atoms with Crippen LogP contribution in [-0.4, -0.2) is 43.3 Å². The minimum atomic E-state index is -0.211. The van der Waals surface area contributed by atoms with Crippen molar-refractivity contribution < 1.29 is 9.53 Å². The van der Waals surface area contributed by atoms with Crippen molar-refractivity contribution in [3.63, 3.8) is 0 Å². The van der Waals surface area contributed by atoms with Crippen molar-refractivity contribution in [2.45, 2.75) is 18.9 Å². The Morgan fingerprint density at radius 1 is 1.39 bits per heavy atom. The molecule has 1 aliphatic carbocycles. The van der Waals surface area contributed by atoms with Crippen molar-refractivity contribution >= 4 is 12.0 Å². The fraction of sp³-hybridized carbons (Fsp3) is 0.368. The first-order valence-corrected chi connectivity index (χ1v) is 8.07. The number of benzene rings is 1. The molecule has 0 spiro atoms. The van der Waals surface area contributed by atoms with Crippen LogP contribution < -0.4 is 0 Å². The highest BCUT2D eigenvalue weighted by Gasteiger charge is 2.26. The Bertz CT molecular complexity index is 634. The van der Waals surface area contributed by atoms with Crippen LogP contribution in [0.25, 0.3) is 0 Å². The van der Waals surface area contributed by atoms with E-state index in [0.717, 1.165) is 42.5 Å². The second-order valence-electron chi connectivity index (χ2n) is 5.90. The van der Waals surface area contributed by atoms with Gasteiger partial charge in [-0.25, -0.2) is 0 Å². The molecule has 1 aliphatic heterocycles. The number of allylic oxidation sites excluding steroid dienone is 4. The predicted octanol–water partition coefficient (Wildman–Crippen LogP) is 2.81. The largest absolute Gasteiger partial charge is 0.382 e. The van der Waals surface area contributed by atoms with Crippen LogP contribution in [0.15, 0.2) is 59.2 Å². The number of ether oxygens (including phenoxy) is 1. The van der Waals surface area contributed by atoms with E-state index in [0.29, 0.717) is 12.6 Å². The number of carbonyl (C=O) groups is 1. The number of methoxy groups -OCH3 is 1. The van der Waals surface area contributed by atoms with Gasteiger partial charge < -0.3 is 9.53 Å². The van der Waals surface area contributed by atoms with E-state index in [1.54, 1.807) is 7.11 Å². The van der Waals surface area contributed by atoms with Gasteiger partial charge in [-0.15, -0.1) is 0 Å². The maximum Gasteiger partial charge on any atom is 0.131 e. The SMILES string of the molecule is COC[C@@H]1CCCN1/N=C(/C1=CC=CC1C=O)c1ccccc1. The normalized spacial score (nSPS) is 24.1. The highest BCUT2D eigenvalue weighted by Crippen LogP contribution is 2.25. The van der Waals surface area contributed by atoms with Gasteiger partial charge >= 0.3 is 0 Å². The van der Waals surface area contributed by atoms with E-state index in [2.05, 4.69) is 5.01 Å². The zero-order valence-electron chi connectivity index (χ0n) is 13.4. The first-order chi connectivity index (χ1) is 11.3. The molecule has 0 bridgehead atoms. The fourth-order valence-electron chi connectivity index (χ4n) is 3.17. The topological polar surface area (TPSA) is 41.9 Å². The number of hydrogen-bond donors (Lipinski definition) is 0. The van der Waals surface area contributed by atoms with Crippen LogP contribution in [0.3, 0.4) is 0 Å².